The van der Waals surface area contributed by atoms with Gasteiger partial charge in [0.2, 0.25) is 5.91 Å². The Balaban J connectivity index is 3.31. The summed E-state index contributed by atoms with van der Waals surface area (Å²) in [6.45, 7) is 3.73. The number of rotatable bonds is 6. The van der Waals surface area contributed by atoms with Gasteiger partial charge in [-0.15, -0.1) is 0 Å². The van der Waals surface area contributed by atoms with Crippen LogP contribution in [0, 0.1) is 0 Å². The molecule has 1 amide bonds. The lowest BCUT2D eigenvalue weighted by atomic mass is 10.3. The van der Waals surface area contributed by atoms with E-state index in [1.165, 1.54) is 0 Å². The number of hydrogen-bond acceptors (Lipinski definition) is 3. The third kappa shape index (κ3) is 7.50. The van der Waals surface area contributed by atoms with Crippen LogP contribution in [0.2, 0.25) is 0 Å². The SMILES string of the molecule is CC(CN(C)C)NCCC(N)=O. The molecule has 0 spiro atoms. The molecule has 0 aromatic rings. The minimum absolute atomic E-state index is 0.250. The molecule has 0 aromatic carbocycles. The topological polar surface area (TPSA) is 58.4 Å². The highest BCUT2D eigenvalue weighted by molar-refractivity contribution is 5.73. The molecule has 0 aromatic heterocycles. The number of carbonyl (C=O) groups excluding carboxylic acids is 1. The van der Waals surface area contributed by atoms with E-state index in [2.05, 4.69) is 17.1 Å². The largest absolute Gasteiger partial charge is 0.370 e. The van der Waals surface area contributed by atoms with Crippen LogP contribution in [-0.4, -0.2) is 44.0 Å². The normalized spacial score (nSPS) is 13.3. The molecule has 0 aliphatic heterocycles. The molecule has 12 heavy (non-hydrogen) atoms. The Morgan fingerprint density at radius 3 is 2.58 bits per heavy atom. The summed E-state index contributed by atoms with van der Waals surface area (Å²) in [7, 11) is 4.04. The third-order valence-electron chi connectivity index (χ3n) is 1.50. The van der Waals surface area contributed by atoms with Crippen molar-refractivity contribution in [2.24, 2.45) is 5.73 Å². The van der Waals surface area contributed by atoms with Crippen LogP contribution in [0.15, 0.2) is 0 Å². The summed E-state index contributed by atoms with van der Waals surface area (Å²) in [6.07, 6.45) is 0.414. The molecule has 0 bridgehead atoms. The molecule has 3 N–H and O–H groups in total. The van der Waals surface area contributed by atoms with E-state index < -0.39 is 0 Å². The van der Waals surface area contributed by atoms with Crippen LogP contribution in [0.1, 0.15) is 13.3 Å². The fraction of sp³-hybridized carbons (Fsp3) is 0.875. The summed E-state index contributed by atoms with van der Waals surface area (Å²) >= 11 is 0. The summed E-state index contributed by atoms with van der Waals surface area (Å²) in [5, 5.41) is 3.20. The van der Waals surface area contributed by atoms with Gasteiger partial charge in [-0.3, -0.25) is 4.79 Å². The standard InChI is InChI=1S/C8H19N3O/c1-7(6-11(2)3)10-5-4-8(9)12/h7,10H,4-6H2,1-3H3,(H2,9,12). The van der Waals surface area contributed by atoms with Gasteiger partial charge in [-0.05, 0) is 21.0 Å². The zero-order valence-corrected chi connectivity index (χ0v) is 8.13. The second-order valence-corrected chi connectivity index (χ2v) is 3.33. The van der Waals surface area contributed by atoms with Gasteiger partial charge in [0.25, 0.3) is 0 Å². The Morgan fingerprint density at radius 1 is 1.58 bits per heavy atom. The average Bonchev–Trinajstić information content (AvgIpc) is 1.84. The zero-order chi connectivity index (χ0) is 9.56. The van der Waals surface area contributed by atoms with Crippen molar-refractivity contribution in [1.82, 2.24) is 10.2 Å². The Bertz CT molecular complexity index is 136. The molecular formula is C8H19N3O. The third-order valence-corrected chi connectivity index (χ3v) is 1.50. The highest BCUT2D eigenvalue weighted by atomic mass is 16.1. The van der Waals surface area contributed by atoms with Crippen LogP contribution < -0.4 is 11.1 Å². The van der Waals surface area contributed by atoms with Crippen LogP contribution >= 0.6 is 0 Å². The lowest BCUT2D eigenvalue weighted by Gasteiger charge is -2.17. The van der Waals surface area contributed by atoms with Gasteiger partial charge in [-0.1, -0.05) is 0 Å². The molecule has 0 rings (SSSR count). The minimum Gasteiger partial charge on any atom is -0.370 e. The van der Waals surface area contributed by atoms with Gasteiger partial charge < -0.3 is 16.0 Å². The number of likely N-dealkylation sites (N-methyl/N-ethyl adjacent to an activating group) is 1. The molecule has 0 fully saturated rings. The number of nitrogens with one attached hydrogen (secondary N) is 1. The van der Waals surface area contributed by atoms with Crippen LogP contribution in [0.25, 0.3) is 0 Å². The second-order valence-electron chi connectivity index (χ2n) is 3.33. The fourth-order valence-corrected chi connectivity index (χ4v) is 1.05. The van der Waals surface area contributed by atoms with Crippen molar-refractivity contribution >= 4 is 5.91 Å². The molecule has 1 atom stereocenters. The second kappa shape index (κ2) is 5.97. The van der Waals surface area contributed by atoms with Crippen LogP contribution in [0.3, 0.4) is 0 Å². The first kappa shape index (κ1) is 11.4. The maximum atomic E-state index is 10.4. The molecule has 0 saturated carbocycles. The summed E-state index contributed by atoms with van der Waals surface area (Å²) < 4.78 is 0. The van der Waals surface area contributed by atoms with Gasteiger partial charge in [0.05, 0.1) is 0 Å². The van der Waals surface area contributed by atoms with Crippen molar-refractivity contribution in [3.05, 3.63) is 0 Å². The quantitative estimate of drug-likeness (QED) is 0.564. The van der Waals surface area contributed by atoms with Crippen LogP contribution in [0.5, 0.6) is 0 Å². The van der Waals surface area contributed by atoms with Gasteiger partial charge in [-0.2, -0.15) is 0 Å². The van der Waals surface area contributed by atoms with Crippen LogP contribution in [0.4, 0.5) is 0 Å². The van der Waals surface area contributed by atoms with Crippen molar-refractivity contribution in [1.29, 1.82) is 0 Å². The number of hydrogen-bond donors (Lipinski definition) is 2. The predicted octanol–water partition coefficient (Wildman–Crippen LogP) is -0.598. The van der Waals surface area contributed by atoms with E-state index in [1.54, 1.807) is 0 Å². The molecule has 0 heterocycles. The predicted molar refractivity (Wildman–Crippen MR) is 49.8 cm³/mol. The number of nitrogens with two attached hydrogens (primary N) is 1. The van der Waals surface area contributed by atoms with E-state index in [-0.39, 0.29) is 5.91 Å². The fourth-order valence-electron chi connectivity index (χ4n) is 1.05. The summed E-state index contributed by atoms with van der Waals surface area (Å²) in [5.41, 5.74) is 4.99. The number of carbonyl (C=O) groups is 1. The molecule has 4 nitrogen and oxygen atoms in total. The van der Waals surface area contributed by atoms with E-state index in [0.29, 0.717) is 19.0 Å². The molecule has 0 aliphatic carbocycles. The van der Waals surface area contributed by atoms with Crippen LogP contribution in [-0.2, 0) is 4.79 Å². The van der Waals surface area contributed by atoms with Gasteiger partial charge in [0.1, 0.15) is 0 Å². The lowest BCUT2D eigenvalue weighted by Crippen LogP contribution is -2.37. The first-order chi connectivity index (χ1) is 5.52. The van der Waals surface area contributed by atoms with E-state index in [0.717, 1.165) is 6.54 Å². The summed E-state index contributed by atoms with van der Waals surface area (Å²) in [6, 6.07) is 0.402. The van der Waals surface area contributed by atoms with Gasteiger partial charge >= 0.3 is 0 Å². The van der Waals surface area contributed by atoms with Crippen molar-refractivity contribution in [3.8, 4) is 0 Å². The summed E-state index contributed by atoms with van der Waals surface area (Å²) in [5.74, 6) is -0.250. The maximum absolute atomic E-state index is 10.4. The summed E-state index contributed by atoms with van der Waals surface area (Å²) in [4.78, 5) is 12.5. The minimum atomic E-state index is -0.250. The first-order valence-corrected chi connectivity index (χ1v) is 4.18. The smallest absolute Gasteiger partial charge is 0.218 e. The first-order valence-electron chi connectivity index (χ1n) is 4.18. The maximum Gasteiger partial charge on any atom is 0.218 e. The Labute approximate surface area is 74.1 Å². The van der Waals surface area contributed by atoms with Crippen molar-refractivity contribution in [2.75, 3.05) is 27.2 Å². The number of amides is 1. The number of nitrogens with zero attached hydrogens (tertiary/aromatic N) is 1. The molecule has 0 radical (unpaired) electrons. The van der Waals surface area contributed by atoms with Crippen molar-refractivity contribution in [2.45, 2.75) is 19.4 Å². The molecule has 0 aliphatic rings. The van der Waals surface area contributed by atoms with Crippen molar-refractivity contribution < 1.29 is 4.79 Å². The lowest BCUT2D eigenvalue weighted by molar-refractivity contribution is -0.117. The molecule has 72 valence electrons. The Morgan fingerprint density at radius 2 is 2.17 bits per heavy atom. The van der Waals surface area contributed by atoms with E-state index >= 15 is 0 Å². The monoisotopic (exact) mass is 173 g/mol. The molecule has 0 saturated heterocycles. The Hall–Kier alpha value is -0.610. The van der Waals surface area contributed by atoms with Gasteiger partial charge in [0.15, 0.2) is 0 Å². The highest BCUT2D eigenvalue weighted by Gasteiger charge is 2.02. The van der Waals surface area contributed by atoms with E-state index in [1.807, 2.05) is 14.1 Å². The molecule has 1 unspecified atom stereocenters. The van der Waals surface area contributed by atoms with E-state index in [4.69, 9.17) is 5.73 Å². The average molecular weight is 173 g/mol. The van der Waals surface area contributed by atoms with Crippen molar-refractivity contribution in [3.63, 3.8) is 0 Å². The Kier molecular flexibility index (Phi) is 5.66. The van der Waals surface area contributed by atoms with E-state index in [9.17, 15) is 4.79 Å². The van der Waals surface area contributed by atoms with Gasteiger partial charge in [0, 0.05) is 25.6 Å². The molecule has 4 heteroatoms. The highest BCUT2D eigenvalue weighted by Crippen LogP contribution is 1.85. The molecular weight excluding hydrogens is 154 g/mol. The number of primary amides is 1. The van der Waals surface area contributed by atoms with Gasteiger partial charge in [-0.25, -0.2) is 0 Å². The zero-order valence-electron chi connectivity index (χ0n) is 8.13.